The van der Waals surface area contributed by atoms with Crippen LogP contribution in [0.1, 0.15) is 42.3 Å². The van der Waals surface area contributed by atoms with Crippen molar-refractivity contribution in [3.8, 4) is 23.3 Å². The second-order valence-corrected chi connectivity index (χ2v) is 10.6. The van der Waals surface area contributed by atoms with E-state index in [1.54, 1.807) is 44.4 Å². The van der Waals surface area contributed by atoms with Crippen LogP contribution in [0.4, 0.5) is 8.78 Å². The molecule has 1 fully saturated rings. The third-order valence-electron chi connectivity index (χ3n) is 7.27. The minimum atomic E-state index is -0.878. The second-order valence-electron chi connectivity index (χ2n) is 10.2. The number of aryl methyl sites for hydroxylation is 2. The first-order valence-electron chi connectivity index (χ1n) is 12.5. The molecule has 8 nitrogen and oxygen atoms in total. The predicted molar refractivity (Wildman–Crippen MR) is 144 cm³/mol. The highest BCUT2D eigenvalue weighted by molar-refractivity contribution is 6.31. The number of hydrogen-bond acceptors (Lipinski definition) is 6. The van der Waals surface area contributed by atoms with Crippen LogP contribution in [0, 0.1) is 42.7 Å². The lowest BCUT2D eigenvalue weighted by Gasteiger charge is -2.42. The van der Waals surface area contributed by atoms with Gasteiger partial charge in [0.1, 0.15) is 34.7 Å². The summed E-state index contributed by atoms with van der Waals surface area (Å²) >= 11 is 6.38. The van der Waals surface area contributed by atoms with Gasteiger partial charge in [0.25, 0.3) is 11.1 Å². The molecular formula is C29H24ClF2N5O3. The molecule has 0 atom stereocenters. The number of nitriles is 1. The van der Waals surface area contributed by atoms with Gasteiger partial charge in [0.2, 0.25) is 0 Å². The van der Waals surface area contributed by atoms with E-state index < -0.39 is 22.6 Å². The molecule has 204 valence electrons. The van der Waals surface area contributed by atoms with E-state index in [-0.39, 0.29) is 34.6 Å². The number of ether oxygens (including phenoxy) is 1. The van der Waals surface area contributed by atoms with Gasteiger partial charge < -0.3 is 4.74 Å². The van der Waals surface area contributed by atoms with Gasteiger partial charge in [-0.25, -0.2) is 13.8 Å². The predicted octanol–water partition coefficient (Wildman–Crippen LogP) is 5.10. The largest absolute Gasteiger partial charge is 0.485 e. The van der Waals surface area contributed by atoms with E-state index in [4.69, 9.17) is 16.3 Å². The number of aromatic nitrogens is 4. The van der Waals surface area contributed by atoms with E-state index in [1.165, 1.54) is 15.2 Å². The maximum absolute atomic E-state index is 14.0. The van der Waals surface area contributed by atoms with Crippen molar-refractivity contribution < 1.29 is 13.5 Å². The van der Waals surface area contributed by atoms with E-state index >= 15 is 0 Å². The van der Waals surface area contributed by atoms with E-state index in [0.717, 1.165) is 6.20 Å². The maximum Gasteiger partial charge on any atom is 0.277 e. The number of nitrogens with zero attached hydrogens (tertiary/aromatic N) is 5. The zero-order valence-electron chi connectivity index (χ0n) is 21.9. The van der Waals surface area contributed by atoms with Gasteiger partial charge >= 0.3 is 0 Å². The smallest absolute Gasteiger partial charge is 0.277 e. The van der Waals surface area contributed by atoms with Crippen LogP contribution in [0.2, 0.25) is 5.02 Å². The average Bonchev–Trinajstić information content (AvgIpc) is 2.90. The standard InChI is InChI=1S/C29H24ClF2N5O3/c1-16-13-35-25(36-6-4-5-20(27(36)38)29(3)10-18(11-29)12-33)9-23(16)37-17(2)7-24(26(30)28(37)39)40-15-22-21(32)8-19(31)14-34-22/h4-9,13-14,18H,10-11,15H2,1-3H3. The summed E-state index contributed by atoms with van der Waals surface area (Å²) < 4.78 is 35.5. The molecule has 0 N–H and O–H groups in total. The molecule has 0 saturated heterocycles. The quantitative estimate of drug-likeness (QED) is 0.323. The van der Waals surface area contributed by atoms with Crippen LogP contribution in [0.5, 0.6) is 5.75 Å². The summed E-state index contributed by atoms with van der Waals surface area (Å²) in [6.45, 7) is 5.07. The van der Waals surface area contributed by atoms with E-state index in [1.807, 2.05) is 6.92 Å². The lowest BCUT2D eigenvalue weighted by molar-refractivity contribution is 0.206. The second kappa shape index (κ2) is 10.3. The highest BCUT2D eigenvalue weighted by atomic mass is 35.5. The monoisotopic (exact) mass is 563 g/mol. The SMILES string of the molecule is Cc1cnc(-n2cccc(C3(C)CC(C#N)C3)c2=O)cc1-n1c(C)cc(OCc2ncc(F)cc2F)c(Cl)c1=O. The van der Waals surface area contributed by atoms with Crippen LogP contribution in [0.15, 0.2) is 58.5 Å². The normalized spacial score (nSPS) is 18.2. The van der Waals surface area contributed by atoms with Gasteiger partial charge in [0.05, 0.1) is 18.0 Å². The Hall–Kier alpha value is -4.36. The van der Waals surface area contributed by atoms with Gasteiger partial charge in [-0.15, -0.1) is 0 Å². The van der Waals surface area contributed by atoms with Crippen LogP contribution in [-0.2, 0) is 12.0 Å². The summed E-state index contributed by atoms with van der Waals surface area (Å²) in [4.78, 5) is 35.0. The van der Waals surface area contributed by atoms with Gasteiger partial charge in [-0.2, -0.15) is 5.26 Å². The molecule has 0 aliphatic heterocycles. The lowest BCUT2D eigenvalue weighted by atomic mass is 9.60. The maximum atomic E-state index is 14.0. The van der Waals surface area contributed by atoms with Crippen molar-refractivity contribution in [1.82, 2.24) is 19.1 Å². The molecule has 5 rings (SSSR count). The Morgan fingerprint density at radius 1 is 1.15 bits per heavy atom. The number of pyridine rings is 4. The zero-order chi connectivity index (χ0) is 28.8. The topological polar surface area (TPSA) is 103 Å². The Balaban J connectivity index is 1.51. The summed E-state index contributed by atoms with van der Waals surface area (Å²) in [5.41, 5.74) is 0.828. The van der Waals surface area contributed by atoms with Crippen LogP contribution >= 0.6 is 11.6 Å². The Kier molecular flexibility index (Phi) is 7.02. The van der Waals surface area contributed by atoms with Crippen LogP contribution < -0.4 is 15.9 Å². The first-order valence-corrected chi connectivity index (χ1v) is 12.8. The first kappa shape index (κ1) is 27.2. The van der Waals surface area contributed by atoms with Crippen molar-refractivity contribution in [3.63, 3.8) is 0 Å². The molecule has 0 spiro atoms. The summed E-state index contributed by atoms with van der Waals surface area (Å²) in [5, 5.41) is 8.96. The third-order valence-corrected chi connectivity index (χ3v) is 7.62. The molecule has 4 aromatic rings. The Bertz CT molecular complexity index is 1810. The lowest BCUT2D eigenvalue weighted by Crippen LogP contribution is -2.43. The molecule has 1 saturated carbocycles. The molecule has 4 heterocycles. The summed E-state index contributed by atoms with van der Waals surface area (Å²) in [6.07, 6.45) is 5.27. The minimum absolute atomic E-state index is 0.0196. The van der Waals surface area contributed by atoms with Gasteiger partial charge in [0, 0.05) is 53.2 Å². The van der Waals surface area contributed by atoms with Crippen LogP contribution in [0.3, 0.4) is 0 Å². The summed E-state index contributed by atoms with van der Waals surface area (Å²) in [7, 11) is 0. The van der Waals surface area contributed by atoms with Gasteiger partial charge in [-0.3, -0.25) is 23.7 Å². The van der Waals surface area contributed by atoms with Gasteiger partial charge in [0.15, 0.2) is 5.82 Å². The van der Waals surface area contributed by atoms with Crippen molar-refractivity contribution >= 4 is 11.6 Å². The van der Waals surface area contributed by atoms with Crippen LogP contribution in [-0.4, -0.2) is 19.1 Å². The highest BCUT2D eigenvalue weighted by Crippen LogP contribution is 2.46. The molecule has 0 radical (unpaired) electrons. The van der Waals surface area contributed by atoms with Crippen molar-refractivity contribution in [1.29, 1.82) is 5.26 Å². The van der Waals surface area contributed by atoms with E-state index in [0.29, 0.717) is 47.2 Å². The number of rotatable bonds is 6. The number of hydrogen-bond donors (Lipinski definition) is 0. The zero-order valence-corrected chi connectivity index (χ0v) is 22.7. The van der Waals surface area contributed by atoms with Gasteiger partial charge in [-0.1, -0.05) is 24.6 Å². The third kappa shape index (κ3) is 4.77. The molecule has 11 heteroatoms. The number of halogens is 3. The van der Waals surface area contributed by atoms with E-state index in [2.05, 4.69) is 16.0 Å². The van der Waals surface area contributed by atoms with Gasteiger partial charge in [-0.05, 0) is 38.3 Å². The molecule has 0 bridgehead atoms. The Morgan fingerprint density at radius 3 is 2.60 bits per heavy atom. The molecule has 40 heavy (non-hydrogen) atoms. The fraction of sp³-hybridized carbons (Fsp3) is 0.276. The molecule has 0 unspecified atom stereocenters. The fourth-order valence-corrected chi connectivity index (χ4v) is 5.32. The minimum Gasteiger partial charge on any atom is -0.485 e. The molecule has 0 amide bonds. The molecular weight excluding hydrogens is 540 g/mol. The molecule has 4 aromatic heterocycles. The molecule has 0 aromatic carbocycles. The van der Waals surface area contributed by atoms with E-state index in [9.17, 15) is 23.6 Å². The average molecular weight is 564 g/mol. The molecule has 1 aliphatic rings. The van der Waals surface area contributed by atoms with Crippen molar-refractivity contribution in [2.45, 2.75) is 45.6 Å². The first-order chi connectivity index (χ1) is 19.0. The van der Waals surface area contributed by atoms with Crippen LogP contribution in [0.25, 0.3) is 11.5 Å². The van der Waals surface area contributed by atoms with Crippen molar-refractivity contribution in [2.24, 2.45) is 5.92 Å². The highest BCUT2D eigenvalue weighted by Gasteiger charge is 2.43. The van der Waals surface area contributed by atoms with Crippen molar-refractivity contribution in [2.75, 3.05) is 0 Å². The summed E-state index contributed by atoms with van der Waals surface area (Å²) in [6, 6.07) is 9.65. The molecule has 1 aliphatic carbocycles. The van der Waals surface area contributed by atoms with Crippen molar-refractivity contribution in [3.05, 3.63) is 109 Å². The fourth-order valence-electron chi connectivity index (χ4n) is 5.13. The Labute approximate surface area is 233 Å². The summed E-state index contributed by atoms with van der Waals surface area (Å²) in [5.74, 6) is -1.43. The Morgan fingerprint density at radius 2 is 1.90 bits per heavy atom.